The summed E-state index contributed by atoms with van der Waals surface area (Å²) in [6.07, 6.45) is 1.69. The highest BCUT2D eigenvalue weighted by molar-refractivity contribution is 6.20. The van der Waals surface area contributed by atoms with Crippen LogP contribution >= 0.6 is 11.6 Å². The number of hydrogen-bond acceptors (Lipinski definition) is 2. The third kappa shape index (κ3) is 2.02. The van der Waals surface area contributed by atoms with Crippen molar-refractivity contribution in [3.8, 4) is 0 Å². The number of furan rings is 1. The Kier molecular flexibility index (Phi) is 3.30. The van der Waals surface area contributed by atoms with Crippen molar-refractivity contribution in [1.82, 2.24) is 9.55 Å². The highest BCUT2D eigenvalue weighted by Crippen LogP contribution is 2.32. The average molecular weight is 289 g/mol. The van der Waals surface area contributed by atoms with Crippen molar-refractivity contribution in [3.63, 3.8) is 0 Å². The van der Waals surface area contributed by atoms with Crippen molar-refractivity contribution in [2.45, 2.75) is 32.2 Å². The van der Waals surface area contributed by atoms with Crippen molar-refractivity contribution in [2.24, 2.45) is 0 Å². The van der Waals surface area contributed by atoms with Crippen LogP contribution in [-0.4, -0.2) is 9.55 Å². The molecule has 0 fully saturated rings. The van der Waals surface area contributed by atoms with Crippen LogP contribution in [0.4, 0.5) is 0 Å². The minimum Gasteiger partial charge on any atom is -0.467 e. The monoisotopic (exact) mass is 288 g/mol. The first kappa shape index (κ1) is 13.3. The van der Waals surface area contributed by atoms with E-state index in [1.54, 1.807) is 6.26 Å². The lowest BCUT2D eigenvalue weighted by Gasteiger charge is -2.16. The lowest BCUT2D eigenvalue weighted by molar-refractivity contribution is 0.444. The third-order valence-corrected chi connectivity index (χ3v) is 3.84. The van der Waals surface area contributed by atoms with Crippen LogP contribution in [-0.2, 0) is 0 Å². The Hall–Kier alpha value is -1.74. The zero-order valence-corrected chi connectivity index (χ0v) is 12.6. The number of aromatic nitrogens is 2. The molecule has 3 aromatic rings. The highest BCUT2D eigenvalue weighted by atomic mass is 35.5. The van der Waals surface area contributed by atoms with Gasteiger partial charge in [-0.05, 0) is 44.5 Å². The zero-order chi connectivity index (χ0) is 14.3. The number of alkyl halides is 1. The van der Waals surface area contributed by atoms with Gasteiger partial charge in [0.05, 0.1) is 28.7 Å². The van der Waals surface area contributed by atoms with Gasteiger partial charge in [0.25, 0.3) is 0 Å². The van der Waals surface area contributed by atoms with Gasteiger partial charge in [0, 0.05) is 0 Å². The van der Waals surface area contributed by atoms with Gasteiger partial charge in [0.2, 0.25) is 0 Å². The van der Waals surface area contributed by atoms with Crippen LogP contribution in [0.15, 0.2) is 41.0 Å². The van der Waals surface area contributed by atoms with Crippen molar-refractivity contribution in [1.29, 1.82) is 0 Å². The standard InChI is InChI=1S/C16H17ClN2O/c1-10-6-4-7-13-15(10)18-16(11(2)17)19(13)12(3)14-8-5-9-20-14/h4-9,11-12H,1-3H3. The minimum atomic E-state index is -0.154. The van der Waals surface area contributed by atoms with E-state index in [2.05, 4.69) is 30.5 Å². The number of aryl methyl sites for hydroxylation is 1. The van der Waals surface area contributed by atoms with E-state index in [9.17, 15) is 0 Å². The predicted octanol–water partition coefficient (Wildman–Crippen LogP) is 4.85. The molecule has 0 aliphatic rings. The molecule has 0 aliphatic heterocycles. The molecular formula is C16H17ClN2O. The molecule has 0 spiro atoms. The Balaban J connectivity index is 2.27. The average Bonchev–Trinajstić information content (AvgIpc) is 3.06. The fraction of sp³-hybridized carbons (Fsp3) is 0.312. The van der Waals surface area contributed by atoms with Gasteiger partial charge in [-0.2, -0.15) is 0 Å². The maximum atomic E-state index is 6.32. The van der Waals surface area contributed by atoms with E-state index in [1.165, 1.54) is 0 Å². The Morgan fingerprint density at radius 1 is 1.20 bits per heavy atom. The number of nitrogens with zero attached hydrogens (tertiary/aromatic N) is 2. The zero-order valence-electron chi connectivity index (χ0n) is 11.8. The number of fused-ring (bicyclic) bond motifs is 1. The second-order valence-electron chi connectivity index (χ2n) is 5.09. The smallest absolute Gasteiger partial charge is 0.128 e. The fourth-order valence-corrected chi connectivity index (χ4v) is 2.77. The van der Waals surface area contributed by atoms with Gasteiger partial charge >= 0.3 is 0 Å². The van der Waals surface area contributed by atoms with Crippen LogP contribution in [0.3, 0.4) is 0 Å². The van der Waals surface area contributed by atoms with E-state index in [-0.39, 0.29) is 11.4 Å². The van der Waals surface area contributed by atoms with Crippen LogP contribution in [0.2, 0.25) is 0 Å². The first-order valence-electron chi connectivity index (χ1n) is 6.74. The topological polar surface area (TPSA) is 31.0 Å². The Labute approximate surface area is 123 Å². The van der Waals surface area contributed by atoms with Gasteiger partial charge < -0.3 is 8.98 Å². The summed E-state index contributed by atoms with van der Waals surface area (Å²) in [5.41, 5.74) is 3.26. The summed E-state index contributed by atoms with van der Waals surface area (Å²) >= 11 is 6.32. The van der Waals surface area contributed by atoms with Crippen LogP contribution in [0.5, 0.6) is 0 Å². The summed E-state index contributed by atoms with van der Waals surface area (Å²) in [5.74, 6) is 1.78. The summed E-state index contributed by atoms with van der Waals surface area (Å²) in [6, 6.07) is 10.1. The maximum absolute atomic E-state index is 6.32. The lowest BCUT2D eigenvalue weighted by Crippen LogP contribution is -2.10. The van der Waals surface area contributed by atoms with E-state index >= 15 is 0 Å². The maximum Gasteiger partial charge on any atom is 0.128 e. The summed E-state index contributed by atoms with van der Waals surface area (Å²) in [4.78, 5) is 4.73. The van der Waals surface area contributed by atoms with E-state index in [1.807, 2.05) is 25.1 Å². The van der Waals surface area contributed by atoms with E-state index in [0.717, 1.165) is 28.2 Å². The normalized spacial score (nSPS) is 14.6. The van der Waals surface area contributed by atoms with E-state index in [0.29, 0.717) is 0 Å². The number of halogens is 1. The number of rotatable bonds is 3. The van der Waals surface area contributed by atoms with Crippen LogP contribution in [0.25, 0.3) is 11.0 Å². The molecule has 0 saturated heterocycles. The van der Waals surface area contributed by atoms with Gasteiger partial charge in [0.1, 0.15) is 11.6 Å². The van der Waals surface area contributed by atoms with Crippen molar-refractivity contribution < 1.29 is 4.42 Å². The van der Waals surface area contributed by atoms with E-state index < -0.39 is 0 Å². The highest BCUT2D eigenvalue weighted by Gasteiger charge is 2.22. The van der Waals surface area contributed by atoms with E-state index in [4.69, 9.17) is 21.0 Å². The molecule has 20 heavy (non-hydrogen) atoms. The van der Waals surface area contributed by atoms with Crippen molar-refractivity contribution >= 4 is 22.6 Å². The molecule has 2 aromatic heterocycles. The Bertz CT molecular complexity index is 728. The second-order valence-corrected chi connectivity index (χ2v) is 5.74. The molecule has 0 amide bonds. The third-order valence-electron chi connectivity index (χ3n) is 3.65. The van der Waals surface area contributed by atoms with Gasteiger partial charge in [-0.1, -0.05) is 12.1 Å². The van der Waals surface area contributed by atoms with Crippen molar-refractivity contribution in [2.75, 3.05) is 0 Å². The molecule has 3 rings (SSSR count). The van der Waals surface area contributed by atoms with Gasteiger partial charge in [-0.25, -0.2) is 4.98 Å². The molecule has 0 N–H and O–H groups in total. The van der Waals surface area contributed by atoms with Crippen molar-refractivity contribution in [3.05, 3.63) is 53.7 Å². The summed E-state index contributed by atoms with van der Waals surface area (Å²) in [5, 5.41) is -0.154. The molecule has 2 atom stereocenters. The molecule has 0 aliphatic carbocycles. The second kappa shape index (κ2) is 4.98. The molecule has 0 saturated carbocycles. The number of para-hydroxylation sites is 1. The van der Waals surface area contributed by atoms with Gasteiger partial charge in [-0.3, -0.25) is 0 Å². The molecule has 2 heterocycles. The summed E-state index contributed by atoms with van der Waals surface area (Å²) in [7, 11) is 0. The number of benzene rings is 1. The van der Waals surface area contributed by atoms with Crippen LogP contribution in [0.1, 0.15) is 42.4 Å². The largest absolute Gasteiger partial charge is 0.467 e. The minimum absolute atomic E-state index is 0.0630. The first-order valence-corrected chi connectivity index (χ1v) is 7.18. The SMILES string of the molecule is Cc1cccc2c1nc(C(C)Cl)n2C(C)c1ccco1. The predicted molar refractivity (Wildman–Crippen MR) is 81.3 cm³/mol. The first-order chi connectivity index (χ1) is 9.59. The molecule has 104 valence electrons. The quantitative estimate of drug-likeness (QED) is 0.645. The molecule has 0 bridgehead atoms. The number of hydrogen-bond donors (Lipinski definition) is 0. The number of imidazole rings is 1. The fourth-order valence-electron chi connectivity index (χ4n) is 2.62. The van der Waals surface area contributed by atoms with Crippen LogP contribution < -0.4 is 0 Å². The summed E-state index contributed by atoms with van der Waals surface area (Å²) < 4.78 is 7.71. The van der Waals surface area contributed by atoms with Crippen LogP contribution in [0, 0.1) is 6.92 Å². The molecule has 4 heteroatoms. The van der Waals surface area contributed by atoms with Gasteiger partial charge in [-0.15, -0.1) is 11.6 Å². The lowest BCUT2D eigenvalue weighted by atomic mass is 10.2. The molecule has 3 nitrogen and oxygen atoms in total. The molecular weight excluding hydrogens is 272 g/mol. The molecule has 1 aromatic carbocycles. The molecule has 0 radical (unpaired) electrons. The molecule has 2 unspecified atom stereocenters. The van der Waals surface area contributed by atoms with Gasteiger partial charge in [0.15, 0.2) is 0 Å². The Morgan fingerprint density at radius 2 is 2.00 bits per heavy atom. The Morgan fingerprint density at radius 3 is 2.65 bits per heavy atom. The summed E-state index contributed by atoms with van der Waals surface area (Å²) in [6.45, 7) is 6.12.